The Labute approximate surface area is 216 Å². The van der Waals surface area contributed by atoms with Crippen LogP contribution >= 0.6 is 12.2 Å². The van der Waals surface area contributed by atoms with E-state index in [1.54, 1.807) is 26.4 Å². The smallest absolute Gasteiger partial charge is 0.493 e. The van der Waals surface area contributed by atoms with Crippen molar-refractivity contribution in [3.05, 3.63) is 77.6 Å². The van der Waals surface area contributed by atoms with Crippen molar-refractivity contribution in [3.8, 4) is 23.0 Å². The molecular weight excluding hydrogens is 512 g/mol. The van der Waals surface area contributed by atoms with Crippen molar-refractivity contribution >= 4 is 23.0 Å². The lowest BCUT2D eigenvalue weighted by atomic mass is 9.92. The van der Waals surface area contributed by atoms with Gasteiger partial charge in [-0.05, 0) is 90.4 Å². The molecule has 0 saturated heterocycles. The van der Waals surface area contributed by atoms with Gasteiger partial charge in [0.05, 0.1) is 20.3 Å². The van der Waals surface area contributed by atoms with Crippen LogP contribution < -0.4 is 24.3 Å². The number of anilines is 1. The Morgan fingerprint density at radius 2 is 1.59 bits per heavy atom. The maximum Gasteiger partial charge on any atom is 0.573 e. The van der Waals surface area contributed by atoms with Gasteiger partial charge in [-0.1, -0.05) is 0 Å². The number of methoxy groups -OCH3 is 2. The molecule has 0 unspecified atom stereocenters. The summed E-state index contributed by atoms with van der Waals surface area (Å²) in [6.45, 7) is 0.731. The average Bonchev–Trinajstić information content (AvgIpc) is 2.87. The molecule has 196 valence electrons. The van der Waals surface area contributed by atoms with Gasteiger partial charge in [0.15, 0.2) is 16.6 Å². The summed E-state index contributed by atoms with van der Waals surface area (Å²) in [5.41, 5.74) is 2.46. The SMILES string of the molecule is COc1cc2c(cc1OC)[C@H](COc1ccc(F)cc1)N(C(=S)Nc1ccc(OC(F)(F)F)cc1)CC2. The van der Waals surface area contributed by atoms with Gasteiger partial charge in [0.25, 0.3) is 0 Å². The van der Waals surface area contributed by atoms with Crippen molar-refractivity contribution in [2.24, 2.45) is 0 Å². The van der Waals surface area contributed by atoms with Gasteiger partial charge in [-0.25, -0.2) is 4.39 Å². The van der Waals surface area contributed by atoms with Crippen LogP contribution in [0.25, 0.3) is 0 Å². The summed E-state index contributed by atoms with van der Waals surface area (Å²) < 4.78 is 71.6. The van der Waals surface area contributed by atoms with E-state index in [0.717, 1.165) is 11.1 Å². The fourth-order valence-electron chi connectivity index (χ4n) is 4.09. The molecule has 0 saturated carbocycles. The Kier molecular flexibility index (Phi) is 7.91. The van der Waals surface area contributed by atoms with E-state index >= 15 is 0 Å². The standard InChI is InChI=1S/C26H24F4N2O4S/c1-33-23-13-16-11-12-32(25(37)31-18-5-9-20(10-6-18)36-26(28,29)30)22(21(16)14-24(23)34-2)15-35-19-7-3-17(27)4-8-19/h3-10,13-14,22H,11-12,15H2,1-2H3,(H,31,37)/t22-/m0/s1. The van der Waals surface area contributed by atoms with Crippen molar-refractivity contribution in [3.63, 3.8) is 0 Å². The predicted octanol–water partition coefficient (Wildman–Crippen LogP) is 6.12. The second kappa shape index (κ2) is 11.1. The summed E-state index contributed by atoms with van der Waals surface area (Å²) in [7, 11) is 3.12. The molecule has 4 rings (SSSR count). The highest BCUT2D eigenvalue weighted by Gasteiger charge is 2.32. The van der Waals surface area contributed by atoms with E-state index in [2.05, 4.69) is 10.1 Å². The number of alkyl halides is 3. The monoisotopic (exact) mass is 536 g/mol. The molecule has 0 fully saturated rings. The Balaban J connectivity index is 1.58. The van der Waals surface area contributed by atoms with Crippen molar-refractivity contribution < 1.29 is 36.5 Å². The van der Waals surface area contributed by atoms with Crippen LogP contribution in [-0.2, 0) is 6.42 Å². The number of thiocarbonyl (C=S) groups is 1. The lowest BCUT2D eigenvalue weighted by Crippen LogP contribution is -2.44. The van der Waals surface area contributed by atoms with Crippen LogP contribution in [0.1, 0.15) is 17.2 Å². The van der Waals surface area contributed by atoms with Gasteiger partial charge >= 0.3 is 6.36 Å². The molecule has 0 spiro atoms. The lowest BCUT2D eigenvalue weighted by Gasteiger charge is -2.39. The van der Waals surface area contributed by atoms with Gasteiger partial charge in [0.1, 0.15) is 23.9 Å². The minimum Gasteiger partial charge on any atom is -0.493 e. The number of benzene rings is 3. The first kappa shape index (κ1) is 26.3. The minimum absolute atomic E-state index is 0.189. The van der Waals surface area contributed by atoms with Crippen LogP contribution in [0.4, 0.5) is 23.2 Å². The van der Waals surface area contributed by atoms with E-state index in [4.69, 9.17) is 26.4 Å². The van der Waals surface area contributed by atoms with Gasteiger partial charge in [0, 0.05) is 12.2 Å². The maximum atomic E-state index is 13.3. The third-order valence-corrected chi connectivity index (χ3v) is 6.16. The zero-order chi connectivity index (χ0) is 26.6. The fraction of sp³-hybridized carbons (Fsp3) is 0.269. The number of rotatable bonds is 7. The molecule has 1 heterocycles. The third kappa shape index (κ3) is 6.53. The molecule has 37 heavy (non-hydrogen) atoms. The molecule has 0 aromatic heterocycles. The lowest BCUT2D eigenvalue weighted by molar-refractivity contribution is -0.274. The van der Waals surface area contributed by atoms with E-state index in [1.165, 1.54) is 36.4 Å². The van der Waals surface area contributed by atoms with Gasteiger partial charge in [-0.15, -0.1) is 13.2 Å². The summed E-state index contributed by atoms with van der Waals surface area (Å²) >= 11 is 5.68. The number of hydrogen-bond acceptors (Lipinski definition) is 5. The summed E-state index contributed by atoms with van der Waals surface area (Å²) in [4.78, 5) is 1.94. The molecule has 0 bridgehead atoms. The van der Waals surface area contributed by atoms with E-state index < -0.39 is 6.36 Å². The molecule has 1 aliphatic rings. The number of fused-ring (bicyclic) bond motifs is 1. The first-order chi connectivity index (χ1) is 17.7. The summed E-state index contributed by atoms with van der Waals surface area (Å²) in [6, 6.07) is 14.5. The van der Waals surface area contributed by atoms with Crippen molar-refractivity contribution in [1.82, 2.24) is 4.90 Å². The quantitative estimate of drug-likeness (QED) is 0.289. The third-order valence-electron chi connectivity index (χ3n) is 5.82. The highest BCUT2D eigenvalue weighted by atomic mass is 32.1. The summed E-state index contributed by atoms with van der Waals surface area (Å²) in [5.74, 6) is 0.949. The number of ether oxygens (including phenoxy) is 4. The first-order valence-electron chi connectivity index (χ1n) is 11.2. The van der Waals surface area contributed by atoms with E-state index in [9.17, 15) is 17.6 Å². The zero-order valence-electron chi connectivity index (χ0n) is 20.0. The van der Waals surface area contributed by atoms with Gasteiger partial charge in [0.2, 0.25) is 0 Å². The van der Waals surface area contributed by atoms with Gasteiger partial charge in [-0.3, -0.25) is 0 Å². The van der Waals surface area contributed by atoms with Crippen LogP contribution in [-0.4, -0.2) is 43.7 Å². The zero-order valence-corrected chi connectivity index (χ0v) is 20.8. The Morgan fingerprint density at radius 1 is 0.973 bits per heavy atom. The van der Waals surface area contributed by atoms with Crippen LogP contribution in [0, 0.1) is 5.82 Å². The molecular formula is C26H24F4N2O4S. The highest BCUT2D eigenvalue weighted by molar-refractivity contribution is 7.80. The van der Waals surface area contributed by atoms with Crippen molar-refractivity contribution in [2.45, 2.75) is 18.8 Å². The molecule has 3 aromatic carbocycles. The van der Waals surface area contributed by atoms with E-state index in [1.807, 2.05) is 17.0 Å². The molecule has 1 N–H and O–H groups in total. The number of halogens is 4. The molecule has 11 heteroatoms. The summed E-state index contributed by atoms with van der Waals surface area (Å²) in [6.07, 6.45) is -4.12. The number of nitrogens with one attached hydrogen (secondary N) is 1. The second-order valence-corrected chi connectivity index (χ2v) is 8.52. The molecule has 6 nitrogen and oxygen atoms in total. The molecule has 1 atom stereocenters. The molecule has 3 aromatic rings. The van der Waals surface area contributed by atoms with Crippen LogP contribution in [0.15, 0.2) is 60.7 Å². The Bertz CT molecular complexity index is 1240. The van der Waals surface area contributed by atoms with E-state index in [0.29, 0.717) is 41.0 Å². The minimum atomic E-state index is -4.77. The molecule has 1 aliphatic heterocycles. The molecule has 0 amide bonds. The highest BCUT2D eigenvalue weighted by Crippen LogP contribution is 2.39. The Morgan fingerprint density at radius 3 is 2.22 bits per heavy atom. The number of hydrogen-bond donors (Lipinski definition) is 1. The van der Waals surface area contributed by atoms with Crippen LogP contribution in [0.5, 0.6) is 23.0 Å². The van der Waals surface area contributed by atoms with Crippen molar-refractivity contribution in [1.29, 1.82) is 0 Å². The second-order valence-electron chi connectivity index (χ2n) is 8.13. The fourth-order valence-corrected chi connectivity index (χ4v) is 4.43. The predicted molar refractivity (Wildman–Crippen MR) is 134 cm³/mol. The van der Waals surface area contributed by atoms with Crippen LogP contribution in [0.3, 0.4) is 0 Å². The Hall–Kier alpha value is -3.73. The van der Waals surface area contributed by atoms with Gasteiger partial charge < -0.3 is 29.2 Å². The van der Waals surface area contributed by atoms with E-state index in [-0.39, 0.29) is 24.2 Å². The molecule has 0 aliphatic carbocycles. The first-order valence-corrected chi connectivity index (χ1v) is 11.6. The van der Waals surface area contributed by atoms with Gasteiger partial charge in [-0.2, -0.15) is 0 Å². The topological polar surface area (TPSA) is 52.2 Å². The maximum absolute atomic E-state index is 13.3. The largest absolute Gasteiger partial charge is 0.573 e. The van der Waals surface area contributed by atoms with Crippen LogP contribution in [0.2, 0.25) is 0 Å². The average molecular weight is 537 g/mol. The number of nitrogens with zero attached hydrogens (tertiary/aromatic N) is 1. The summed E-state index contributed by atoms with van der Waals surface area (Å²) in [5, 5.41) is 3.44. The van der Waals surface area contributed by atoms with Crippen molar-refractivity contribution in [2.75, 3.05) is 32.7 Å². The molecule has 0 radical (unpaired) electrons. The normalized spacial score (nSPS) is 15.0.